The van der Waals surface area contributed by atoms with Crippen LogP contribution >= 0.6 is 0 Å². The van der Waals surface area contributed by atoms with Gasteiger partial charge in [-0.2, -0.15) is 0 Å². The third-order valence-electron chi connectivity index (χ3n) is 5.86. The third-order valence-corrected chi connectivity index (χ3v) is 5.86. The van der Waals surface area contributed by atoms with E-state index >= 15 is 0 Å². The summed E-state index contributed by atoms with van der Waals surface area (Å²) in [6, 6.07) is -0.538. The molecule has 0 aliphatic carbocycles. The van der Waals surface area contributed by atoms with E-state index in [1.54, 1.807) is 20.8 Å². The first kappa shape index (κ1) is 43.1. The zero-order chi connectivity index (χ0) is 34.5. The molecule has 0 aliphatic rings. The van der Waals surface area contributed by atoms with Gasteiger partial charge in [-0.05, 0) is 40.2 Å². The van der Waals surface area contributed by atoms with E-state index in [4.69, 9.17) is 35.2 Å². The molecule has 8 N–H and O–H groups in total. The molecule has 0 rings (SSSR count). The minimum Gasteiger partial charge on any atom is -0.460 e. The van der Waals surface area contributed by atoms with Crippen LogP contribution in [0.2, 0.25) is 0 Å². The highest BCUT2D eigenvalue weighted by Gasteiger charge is 2.17. The smallest absolute Gasteiger partial charge is 0.306 e. The second-order valence-corrected chi connectivity index (χ2v) is 11.3. The number of nitrogens with one attached hydrogen (secondary N) is 4. The molecular weight excluding hydrogens is 604 g/mol. The van der Waals surface area contributed by atoms with Crippen molar-refractivity contribution < 1.29 is 47.7 Å². The van der Waals surface area contributed by atoms with E-state index in [-0.39, 0.29) is 49.3 Å². The number of carbonyl (C=O) groups excluding carboxylic acids is 5. The molecule has 0 aromatic rings. The van der Waals surface area contributed by atoms with Crippen molar-refractivity contribution >= 4 is 29.6 Å². The molecular formula is C30H58N6O10. The predicted octanol–water partition coefficient (Wildman–Crippen LogP) is -1.12. The zero-order valence-electron chi connectivity index (χ0n) is 28.0. The summed E-state index contributed by atoms with van der Waals surface area (Å²) in [7, 11) is 0. The van der Waals surface area contributed by atoms with E-state index in [9.17, 15) is 24.0 Å². The number of amides is 4. The summed E-state index contributed by atoms with van der Waals surface area (Å²) in [5.41, 5.74) is 10.7. The monoisotopic (exact) mass is 662 g/mol. The van der Waals surface area contributed by atoms with E-state index < -0.39 is 17.6 Å². The predicted molar refractivity (Wildman–Crippen MR) is 171 cm³/mol. The highest BCUT2D eigenvalue weighted by molar-refractivity contribution is 5.83. The number of nitrogens with two attached hydrogens (primary N) is 2. The van der Waals surface area contributed by atoms with Gasteiger partial charge in [0, 0.05) is 45.4 Å². The van der Waals surface area contributed by atoms with Crippen molar-refractivity contribution in [1.82, 2.24) is 21.3 Å². The highest BCUT2D eigenvalue weighted by Crippen LogP contribution is 2.09. The average molecular weight is 663 g/mol. The van der Waals surface area contributed by atoms with E-state index in [1.165, 1.54) is 0 Å². The molecule has 0 unspecified atom stereocenters. The largest absolute Gasteiger partial charge is 0.460 e. The Bertz CT molecular complexity index is 857. The third kappa shape index (κ3) is 29.8. The van der Waals surface area contributed by atoms with E-state index in [0.29, 0.717) is 92.0 Å². The van der Waals surface area contributed by atoms with Gasteiger partial charge in [0.25, 0.3) is 0 Å². The lowest BCUT2D eigenvalue weighted by Crippen LogP contribution is -2.41. The molecule has 1 atom stereocenters. The van der Waals surface area contributed by atoms with Gasteiger partial charge in [0.1, 0.15) is 5.60 Å². The summed E-state index contributed by atoms with van der Waals surface area (Å²) >= 11 is 0. The first-order valence-corrected chi connectivity index (χ1v) is 16.0. The van der Waals surface area contributed by atoms with Crippen LogP contribution in [0.5, 0.6) is 0 Å². The fourth-order valence-electron chi connectivity index (χ4n) is 3.55. The SMILES string of the molecule is CC(C)(C)OC(=O)CCC(=O)NCCOCCOCCNC(=O)CCC(=O)NCCOCCOCCNC(=O)[C@@H](N)CCCCN. The van der Waals surface area contributed by atoms with Crippen molar-refractivity contribution in [3.8, 4) is 0 Å². The molecule has 0 spiro atoms. The van der Waals surface area contributed by atoms with Crippen LogP contribution in [0.4, 0.5) is 0 Å². The maximum absolute atomic E-state index is 11.9. The first-order chi connectivity index (χ1) is 21.9. The number of rotatable bonds is 29. The summed E-state index contributed by atoms with van der Waals surface area (Å²) in [5.74, 6) is -1.37. The number of carbonyl (C=O) groups is 5. The molecule has 0 saturated carbocycles. The molecule has 0 aromatic carbocycles. The van der Waals surface area contributed by atoms with Crippen LogP contribution in [0.25, 0.3) is 0 Å². The number of ether oxygens (including phenoxy) is 5. The molecule has 0 fully saturated rings. The lowest BCUT2D eigenvalue weighted by atomic mass is 10.1. The van der Waals surface area contributed by atoms with Gasteiger partial charge in [-0.25, -0.2) is 0 Å². The van der Waals surface area contributed by atoms with Crippen molar-refractivity contribution in [2.24, 2.45) is 11.5 Å². The van der Waals surface area contributed by atoms with E-state index in [1.807, 2.05) is 0 Å². The van der Waals surface area contributed by atoms with E-state index in [2.05, 4.69) is 21.3 Å². The number of unbranched alkanes of at least 4 members (excludes halogenated alkanes) is 1. The molecule has 0 heterocycles. The first-order valence-electron chi connectivity index (χ1n) is 16.0. The Morgan fingerprint density at radius 1 is 0.587 bits per heavy atom. The highest BCUT2D eigenvalue weighted by atomic mass is 16.6. The Kier molecular flexibility index (Phi) is 26.6. The lowest BCUT2D eigenvalue weighted by Gasteiger charge is -2.19. The van der Waals surface area contributed by atoms with Crippen molar-refractivity contribution in [2.75, 3.05) is 85.6 Å². The van der Waals surface area contributed by atoms with Gasteiger partial charge in [-0.3, -0.25) is 24.0 Å². The van der Waals surface area contributed by atoms with Crippen LogP contribution in [0.15, 0.2) is 0 Å². The fourth-order valence-corrected chi connectivity index (χ4v) is 3.55. The summed E-state index contributed by atoms with van der Waals surface area (Å²) in [5, 5.41) is 10.8. The molecule has 46 heavy (non-hydrogen) atoms. The fraction of sp³-hybridized carbons (Fsp3) is 0.833. The number of hydrogen-bond donors (Lipinski definition) is 6. The molecule has 0 aliphatic heterocycles. The second kappa shape index (κ2) is 28.3. The zero-order valence-corrected chi connectivity index (χ0v) is 28.0. The topological polar surface area (TPSA) is 232 Å². The van der Waals surface area contributed by atoms with Gasteiger partial charge in [0.15, 0.2) is 0 Å². The van der Waals surface area contributed by atoms with Crippen molar-refractivity contribution in [3.63, 3.8) is 0 Å². The standard InChI is InChI=1S/C30H58N6O10/c1-30(2,3)46-28(40)10-9-27(39)35-14-18-44-21-20-42-16-12-33-25(37)7-8-26(38)34-13-17-43-22-23-45-19-15-36-29(41)24(32)6-4-5-11-31/h24H,4-23,31-32H2,1-3H3,(H,33,37)(H,34,38)(H,35,39)(H,36,41)/t24-/m0/s1. The van der Waals surface area contributed by atoms with Crippen molar-refractivity contribution in [3.05, 3.63) is 0 Å². The van der Waals surface area contributed by atoms with Gasteiger partial charge in [0.05, 0.1) is 65.3 Å². The summed E-state index contributed by atoms with van der Waals surface area (Å²) in [6.45, 7) is 9.78. The Hall–Kier alpha value is -2.89. The van der Waals surface area contributed by atoms with Crippen LogP contribution in [0.1, 0.15) is 65.7 Å². The summed E-state index contributed by atoms with van der Waals surface area (Å²) in [6.07, 6.45) is 2.46. The van der Waals surface area contributed by atoms with Crippen LogP contribution in [0, 0.1) is 0 Å². The van der Waals surface area contributed by atoms with Crippen LogP contribution in [0.3, 0.4) is 0 Å². The minimum atomic E-state index is -0.574. The molecule has 268 valence electrons. The van der Waals surface area contributed by atoms with Crippen LogP contribution in [-0.2, 0) is 47.7 Å². The molecule has 0 aromatic heterocycles. The van der Waals surface area contributed by atoms with Crippen molar-refractivity contribution in [1.29, 1.82) is 0 Å². The average Bonchev–Trinajstić information content (AvgIpc) is 2.99. The maximum atomic E-state index is 11.9. The van der Waals surface area contributed by atoms with Crippen molar-refractivity contribution in [2.45, 2.75) is 77.4 Å². The van der Waals surface area contributed by atoms with Crippen LogP contribution < -0.4 is 32.7 Å². The van der Waals surface area contributed by atoms with Gasteiger partial charge >= 0.3 is 5.97 Å². The molecule has 0 bridgehead atoms. The molecule has 0 saturated heterocycles. The normalized spacial score (nSPS) is 11.8. The second-order valence-electron chi connectivity index (χ2n) is 11.3. The molecule has 4 amide bonds. The maximum Gasteiger partial charge on any atom is 0.306 e. The van der Waals surface area contributed by atoms with Gasteiger partial charge in [-0.1, -0.05) is 6.42 Å². The molecule has 0 radical (unpaired) electrons. The van der Waals surface area contributed by atoms with Gasteiger partial charge in [0.2, 0.25) is 23.6 Å². The Balaban J connectivity index is 3.49. The lowest BCUT2D eigenvalue weighted by molar-refractivity contribution is -0.155. The Morgan fingerprint density at radius 3 is 1.37 bits per heavy atom. The molecule has 16 heteroatoms. The van der Waals surface area contributed by atoms with Gasteiger partial charge in [-0.15, -0.1) is 0 Å². The van der Waals surface area contributed by atoms with Gasteiger partial charge < -0.3 is 56.4 Å². The molecule has 16 nitrogen and oxygen atoms in total. The number of hydrogen-bond acceptors (Lipinski definition) is 12. The summed E-state index contributed by atoms with van der Waals surface area (Å²) in [4.78, 5) is 59.0. The van der Waals surface area contributed by atoms with Crippen LogP contribution in [-0.4, -0.2) is 127 Å². The van der Waals surface area contributed by atoms with E-state index in [0.717, 1.165) is 12.8 Å². The number of esters is 1. The Labute approximate surface area is 273 Å². The Morgan fingerprint density at radius 2 is 0.978 bits per heavy atom. The minimum absolute atomic E-state index is 0.0223. The summed E-state index contributed by atoms with van der Waals surface area (Å²) < 4.78 is 26.7. The quantitative estimate of drug-likeness (QED) is 0.0413.